The van der Waals surface area contributed by atoms with Crippen LogP contribution in [0.3, 0.4) is 0 Å². The average molecular weight is 316 g/mol. The number of aromatic carboxylic acids is 1. The molecule has 1 aliphatic carbocycles. The molecule has 1 amide bonds. The van der Waals surface area contributed by atoms with E-state index >= 15 is 0 Å². The Morgan fingerprint density at radius 2 is 1.83 bits per heavy atom. The number of carboxylic acids is 1. The Morgan fingerprint density at radius 1 is 1.17 bits per heavy atom. The van der Waals surface area contributed by atoms with Crippen LogP contribution < -0.4 is 10.2 Å². The topological polar surface area (TPSA) is 69.6 Å². The maximum Gasteiger partial charge on any atom is 0.337 e. The molecule has 5 heteroatoms. The van der Waals surface area contributed by atoms with Crippen molar-refractivity contribution in [1.29, 1.82) is 0 Å². The zero-order valence-electron chi connectivity index (χ0n) is 13.7. The molecule has 23 heavy (non-hydrogen) atoms. The van der Waals surface area contributed by atoms with Gasteiger partial charge in [0.25, 0.3) is 0 Å². The van der Waals surface area contributed by atoms with Crippen LogP contribution in [0.15, 0.2) is 18.2 Å². The predicted molar refractivity (Wildman–Crippen MR) is 89.9 cm³/mol. The van der Waals surface area contributed by atoms with Crippen molar-refractivity contribution in [1.82, 2.24) is 0 Å². The first-order chi connectivity index (χ1) is 10.9. The van der Waals surface area contributed by atoms with E-state index in [2.05, 4.69) is 24.1 Å². The Hall–Kier alpha value is -2.04. The highest BCUT2D eigenvalue weighted by Crippen LogP contribution is 2.33. The van der Waals surface area contributed by atoms with E-state index in [4.69, 9.17) is 0 Å². The third kappa shape index (κ3) is 3.66. The number of carbonyl (C=O) groups is 2. The molecular formula is C18H24N2O3. The van der Waals surface area contributed by atoms with Crippen LogP contribution in [-0.2, 0) is 4.79 Å². The van der Waals surface area contributed by atoms with Gasteiger partial charge in [0.1, 0.15) is 0 Å². The highest BCUT2D eigenvalue weighted by Gasteiger charge is 2.30. The number of benzene rings is 1. The maximum atomic E-state index is 11.9. The van der Waals surface area contributed by atoms with Crippen molar-refractivity contribution in [2.45, 2.75) is 33.1 Å². The molecule has 1 saturated carbocycles. The average Bonchev–Trinajstić information content (AvgIpc) is 3.30. The second kappa shape index (κ2) is 6.22. The minimum atomic E-state index is -0.925. The monoisotopic (exact) mass is 316 g/mol. The number of carbonyl (C=O) groups excluding carboxylic acids is 1. The summed E-state index contributed by atoms with van der Waals surface area (Å²) in [6, 6.07) is 5.10. The smallest absolute Gasteiger partial charge is 0.337 e. The maximum absolute atomic E-state index is 11.9. The van der Waals surface area contributed by atoms with Gasteiger partial charge in [0, 0.05) is 24.7 Å². The van der Waals surface area contributed by atoms with Crippen LogP contribution in [0.5, 0.6) is 0 Å². The van der Waals surface area contributed by atoms with Gasteiger partial charge in [0.2, 0.25) is 5.91 Å². The van der Waals surface area contributed by atoms with Crippen LogP contribution in [0.2, 0.25) is 0 Å². The molecule has 0 radical (unpaired) electrons. The summed E-state index contributed by atoms with van der Waals surface area (Å²) in [4.78, 5) is 25.7. The molecule has 0 aromatic heterocycles. The van der Waals surface area contributed by atoms with Gasteiger partial charge >= 0.3 is 5.97 Å². The lowest BCUT2D eigenvalue weighted by atomic mass is 9.91. The summed E-state index contributed by atoms with van der Waals surface area (Å²) in [7, 11) is 0. The number of amides is 1. The third-order valence-corrected chi connectivity index (χ3v) is 4.65. The second-order valence-corrected chi connectivity index (χ2v) is 7.15. The molecule has 2 aliphatic rings. The van der Waals surface area contributed by atoms with E-state index in [1.165, 1.54) is 0 Å². The number of hydrogen-bond donors (Lipinski definition) is 2. The van der Waals surface area contributed by atoms with E-state index in [1.807, 2.05) is 6.07 Å². The van der Waals surface area contributed by atoms with E-state index in [0.29, 0.717) is 28.8 Å². The Morgan fingerprint density at radius 3 is 2.39 bits per heavy atom. The van der Waals surface area contributed by atoms with Crippen molar-refractivity contribution < 1.29 is 14.7 Å². The summed E-state index contributed by atoms with van der Waals surface area (Å²) < 4.78 is 0. The van der Waals surface area contributed by atoms with Crippen molar-refractivity contribution in [3.05, 3.63) is 23.8 Å². The molecule has 1 aromatic carbocycles. The summed E-state index contributed by atoms with van der Waals surface area (Å²) >= 11 is 0. The highest BCUT2D eigenvalue weighted by molar-refractivity contribution is 5.98. The predicted octanol–water partition coefficient (Wildman–Crippen LogP) is 3.22. The summed E-state index contributed by atoms with van der Waals surface area (Å²) in [5.41, 5.74) is 1.70. The first-order valence-electron chi connectivity index (χ1n) is 8.37. The summed E-state index contributed by atoms with van der Waals surface area (Å²) in [6.45, 7) is 6.10. The van der Waals surface area contributed by atoms with Crippen molar-refractivity contribution in [3.63, 3.8) is 0 Å². The molecule has 0 spiro atoms. The van der Waals surface area contributed by atoms with Gasteiger partial charge in [-0.1, -0.05) is 13.8 Å². The molecule has 3 rings (SSSR count). The lowest BCUT2D eigenvalue weighted by molar-refractivity contribution is -0.117. The fourth-order valence-electron chi connectivity index (χ4n) is 3.50. The van der Waals surface area contributed by atoms with E-state index in [-0.39, 0.29) is 11.8 Å². The Bertz CT molecular complexity index is 615. The SMILES string of the molecule is C[C@@H]1C[C@H](C)CN(c2cc(NC(=O)C3CC3)ccc2C(=O)O)C1. The number of nitrogens with one attached hydrogen (secondary N) is 1. The molecular weight excluding hydrogens is 292 g/mol. The van der Waals surface area contributed by atoms with Crippen molar-refractivity contribution >= 4 is 23.3 Å². The lowest BCUT2D eigenvalue weighted by Crippen LogP contribution is -2.39. The molecule has 2 atom stereocenters. The number of hydrogen-bond acceptors (Lipinski definition) is 3. The Kier molecular flexibility index (Phi) is 4.28. The number of anilines is 2. The standard InChI is InChI=1S/C18H24N2O3/c1-11-7-12(2)10-20(9-11)16-8-14(5-6-15(16)18(22)23)19-17(21)13-3-4-13/h5-6,8,11-13H,3-4,7,9-10H2,1-2H3,(H,19,21)(H,22,23)/t11-,12+. The first kappa shape index (κ1) is 15.8. The summed E-state index contributed by atoms with van der Waals surface area (Å²) in [5, 5.41) is 12.4. The number of carboxylic acid groups (broad SMARTS) is 1. The first-order valence-corrected chi connectivity index (χ1v) is 8.37. The molecule has 1 saturated heterocycles. The highest BCUT2D eigenvalue weighted by atomic mass is 16.4. The molecule has 5 nitrogen and oxygen atoms in total. The number of rotatable bonds is 4. The van der Waals surface area contributed by atoms with E-state index in [0.717, 1.165) is 32.4 Å². The third-order valence-electron chi connectivity index (χ3n) is 4.65. The van der Waals surface area contributed by atoms with Crippen LogP contribution in [0.4, 0.5) is 11.4 Å². The van der Waals surface area contributed by atoms with E-state index in [1.54, 1.807) is 12.1 Å². The van der Waals surface area contributed by atoms with Gasteiger partial charge in [-0.05, 0) is 49.3 Å². The fourth-order valence-corrected chi connectivity index (χ4v) is 3.50. The van der Waals surface area contributed by atoms with Crippen molar-refractivity contribution in [2.75, 3.05) is 23.3 Å². The van der Waals surface area contributed by atoms with Gasteiger partial charge in [-0.25, -0.2) is 4.79 Å². The fraction of sp³-hybridized carbons (Fsp3) is 0.556. The molecule has 0 unspecified atom stereocenters. The van der Waals surface area contributed by atoms with Gasteiger partial charge in [0.15, 0.2) is 0 Å². The van der Waals surface area contributed by atoms with Gasteiger partial charge in [-0.2, -0.15) is 0 Å². The minimum Gasteiger partial charge on any atom is -0.478 e. The Balaban J connectivity index is 1.88. The zero-order valence-corrected chi connectivity index (χ0v) is 13.7. The van der Waals surface area contributed by atoms with Crippen molar-refractivity contribution in [3.8, 4) is 0 Å². The van der Waals surface area contributed by atoms with Crippen LogP contribution >= 0.6 is 0 Å². The quantitative estimate of drug-likeness (QED) is 0.895. The molecule has 1 heterocycles. The molecule has 0 bridgehead atoms. The van der Waals surface area contributed by atoms with Gasteiger partial charge in [-0.3, -0.25) is 4.79 Å². The largest absolute Gasteiger partial charge is 0.478 e. The summed E-state index contributed by atoms with van der Waals surface area (Å²) in [6.07, 6.45) is 3.07. The Labute approximate surface area is 136 Å². The van der Waals surface area contributed by atoms with Gasteiger partial charge in [-0.15, -0.1) is 0 Å². The minimum absolute atomic E-state index is 0.0411. The molecule has 1 aliphatic heterocycles. The molecule has 2 fully saturated rings. The van der Waals surface area contributed by atoms with Crippen molar-refractivity contribution in [2.24, 2.45) is 17.8 Å². The van der Waals surface area contributed by atoms with Crippen LogP contribution in [-0.4, -0.2) is 30.1 Å². The van der Waals surface area contributed by atoms with Crippen LogP contribution in [0, 0.1) is 17.8 Å². The number of piperidine rings is 1. The van der Waals surface area contributed by atoms with Gasteiger partial charge < -0.3 is 15.3 Å². The summed E-state index contributed by atoms with van der Waals surface area (Å²) in [5.74, 6) is 0.313. The molecule has 1 aromatic rings. The zero-order chi connectivity index (χ0) is 16.6. The van der Waals surface area contributed by atoms with E-state index < -0.39 is 5.97 Å². The number of nitrogens with zero attached hydrogens (tertiary/aromatic N) is 1. The van der Waals surface area contributed by atoms with Crippen LogP contribution in [0.25, 0.3) is 0 Å². The molecule has 2 N–H and O–H groups in total. The van der Waals surface area contributed by atoms with Gasteiger partial charge in [0.05, 0.1) is 11.3 Å². The molecule has 124 valence electrons. The van der Waals surface area contributed by atoms with Crippen LogP contribution in [0.1, 0.15) is 43.5 Å². The lowest BCUT2D eigenvalue weighted by Gasteiger charge is -2.37. The second-order valence-electron chi connectivity index (χ2n) is 7.15. The van der Waals surface area contributed by atoms with E-state index in [9.17, 15) is 14.7 Å². The normalized spacial score (nSPS) is 24.3.